The van der Waals surface area contributed by atoms with Gasteiger partial charge in [0.05, 0.1) is 0 Å². The first-order valence-electron chi connectivity index (χ1n) is 11.5. The van der Waals surface area contributed by atoms with E-state index in [1.807, 2.05) is 0 Å². The van der Waals surface area contributed by atoms with Gasteiger partial charge in [-0.05, 0) is 73.2 Å². The lowest BCUT2D eigenvalue weighted by Crippen LogP contribution is -2.21. The van der Waals surface area contributed by atoms with E-state index in [4.69, 9.17) is 0 Å². The van der Waals surface area contributed by atoms with Gasteiger partial charge in [-0.25, -0.2) is 0 Å². The first-order valence-corrected chi connectivity index (χ1v) is 11.5. The quantitative estimate of drug-likeness (QED) is 0.286. The average molecular weight is 421 g/mol. The second-order valence-electron chi connectivity index (χ2n) is 8.55. The highest BCUT2D eigenvalue weighted by Gasteiger charge is 2.08. The predicted molar refractivity (Wildman–Crippen MR) is 139 cm³/mol. The van der Waals surface area contributed by atoms with E-state index in [2.05, 4.69) is 134 Å². The van der Waals surface area contributed by atoms with Crippen LogP contribution in [0.2, 0.25) is 0 Å². The molecule has 2 atom stereocenters. The van der Waals surface area contributed by atoms with Crippen molar-refractivity contribution in [1.29, 1.82) is 0 Å². The number of nitrogens with one attached hydrogen (secondary N) is 2. The Morgan fingerprint density at radius 2 is 0.750 bits per heavy atom. The highest BCUT2D eigenvalue weighted by Crippen LogP contribution is 2.23. The third-order valence-electron chi connectivity index (χ3n) is 5.84. The van der Waals surface area contributed by atoms with Crippen molar-refractivity contribution in [2.75, 3.05) is 10.6 Å². The molecule has 0 fully saturated rings. The Bertz CT molecular complexity index is 980. The predicted octanol–water partition coefficient (Wildman–Crippen LogP) is 8.10. The molecule has 2 nitrogen and oxygen atoms in total. The highest BCUT2D eigenvalue weighted by molar-refractivity contribution is 5.67. The second kappa shape index (κ2) is 10.7. The lowest BCUT2D eigenvalue weighted by molar-refractivity contribution is 0.605. The minimum Gasteiger partial charge on any atom is -0.383 e. The summed E-state index contributed by atoms with van der Waals surface area (Å²) in [7, 11) is 0. The molecule has 162 valence electrons. The second-order valence-corrected chi connectivity index (χ2v) is 8.55. The van der Waals surface area contributed by atoms with Crippen LogP contribution in [0.3, 0.4) is 0 Å². The molecule has 0 aliphatic carbocycles. The summed E-state index contributed by atoms with van der Waals surface area (Å²) in [6.45, 7) is 4.51. The molecule has 0 saturated carbocycles. The van der Waals surface area contributed by atoms with E-state index >= 15 is 0 Å². The van der Waals surface area contributed by atoms with Crippen LogP contribution in [0.15, 0.2) is 109 Å². The number of rotatable bonds is 9. The SMILES string of the molecule is CC(CCC(C)Nc1ccc(-c2ccccc2)cc1)Nc1ccc(-c2ccccc2)cc1. The summed E-state index contributed by atoms with van der Waals surface area (Å²) in [4.78, 5) is 0. The highest BCUT2D eigenvalue weighted by atomic mass is 14.9. The molecule has 0 spiro atoms. The average Bonchev–Trinajstić information content (AvgIpc) is 2.85. The van der Waals surface area contributed by atoms with E-state index in [1.54, 1.807) is 0 Å². The van der Waals surface area contributed by atoms with Crippen molar-refractivity contribution >= 4 is 11.4 Å². The summed E-state index contributed by atoms with van der Waals surface area (Å²) in [6, 6.07) is 39.3. The molecule has 32 heavy (non-hydrogen) atoms. The maximum Gasteiger partial charge on any atom is 0.0342 e. The Hall–Kier alpha value is -3.52. The topological polar surface area (TPSA) is 24.1 Å². The van der Waals surface area contributed by atoms with Crippen molar-refractivity contribution in [3.8, 4) is 22.3 Å². The zero-order valence-electron chi connectivity index (χ0n) is 19.0. The summed E-state index contributed by atoms with van der Waals surface area (Å²) < 4.78 is 0. The molecule has 4 aromatic rings. The minimum atomic E-state index is 0.419. The molecule has 2 heteroatoms. The maximum absolute atomic E-state index is 3.64. The van der Waals surface area contributed by atoms with Gasteiger partial charge in [-0.2, -0.15) is 0 Å². The van der Waals surface area contributed by atoms with Crippen LogP contribution in [0.1, 0.15) is 26.7 Å². The van der Waals surface area contributed by atoms with E-state index in [-0.39, 0.29) is 0 Å². The van der Waals surface area contributed by atoms with E-state index in [1.165, 1.54) is 33.6 Å². The largest absolute Gasteiger partial charge is 0.383 e. The normalized spacial score (nSPS) is 12.7. The lowest BCUT2D eigenvalue weighted by Gasteiger charge is -2.20. The third kappa shape index (κ3) is 6.01. The van der Waals surface area contributed by atoms with Crippen LogP contribution in [0.5, 0.6) is 0 Å². The first kappa shape index (κ1) is 21.7. The van der Waals surface area contributed by atoms with Gasteiger partial charge < -0.3 is 10.6 Å². The van der Waals surface area contributed by atoms with Gasteiger partial charge in [-0.1, -0.05) is 84.9 Å². The fourth-order valence-electron chi connectivity index (χ4n) is 3.99. The fourth-order valence-corrected chi connectivity index (χ4v) is 3.99. The molecule has 0 aromatic heterocycles. The van der Waals surface area contributed by atoms with Crippen LogP contribution in [-0.4, -0.2) is 12.1 Å². The molecule has 0 amide bonds. The van der Waals surface area contributed by atoms with Crippen molar-refractivity contribution < 1.29 is 0 Å². The minimum absolute atomic E-state index is 0.419. The Morgan fingerprint density at radius 3 is 1.09 bits per heavy atom. The summed E-state index contributed by atoms with van der Waals surface area (Å²) in [5.41, 5.74) is 7.36. The maximum atomic E-state index is 3.64. The van der Waals surface area contributed by atoms with Crippen molar-refractivity contribution in [1.82, 2.24) is 0 Å². The van der Waals surface area contributed by atoms with Crippen molar-refractivity contribution in [3.05, 3.63) is 109 Å². The summed E-state index contributed by atoms with van der Waals surface area (Å²) in [5.74, 6) is 0. The number of anilines is 2. The zero-order valence-corrected chi connectivity index (χ0v) is 19.0. The molecular formula is C30H32N2. The molecule has 4 aromatic carbocycles. The summed E-state index contributed by atoms with van der Waals surface area (Å²) in [6.07, 6.45) is 2.22. The molecule has 0 radical (unpaired) electrons. The van der Waals surface area contributed by atoms with Gasteiger partial charge in [0, 0.05) is 23.5 Å². The lowest BCUT2D eigenvalue weighted by atomic mass is 10.0. The van der Waals surface area contributed by atoms with E-state index in [0.717, 1.165) is 12.8 Å². The van der Waals surface area contributed by atoms with Gasteiger partial charge in [0.2, 0.25) is 0 Å². The zero-order chi connectivity index (χ0) is 22.2. The van der Waals surface area contributed by atoms with Gasteiger partial charge in [-0.15, -0.1) is 0 Å². The standard InChI is InChI=1S/C30H32N2/c1-23(31-29-19-15-27(16-20-29)25-9-5-3-6-10-25)13-14-24(2)32-30-21-17-28(18-22-30)26-11-7-4-8-12-26/h3-12,15-24,31-32H,13-14H2,1-2H3. The van der Waals surface area contributed by atoms with E-state index < -0.39 is 0 Å². The third-order valence-corrected chi connectivity index (χ3v) is 5.84. The van der Waals surface area contributed by atoms with Crippen LogP contribution >= 0.6 is 0 Å². The number of hydrogen-bond acceptors (Lipinski definition) is 2. The summed E-state index contributed by atoms with van der Waals surface area (Å²) in [5, 5.41) is 7.28. The summed E-state index contributed by atoms with van der Waals surface area (Å²) >= 11 is 0. The molecule has 0 heterocycles. The van der Waals surface area contributed by atoms with E-state index in [9.17, 15) is 0 Å². The van der Waals surface area contributed by atoms with Crippen LogP contribution in [0, 0.1) is 0 Å². The monoisotopic (exact) mass is 420 g/mol. The Kier molecular flexibility index (Phi) is 7.24. The van der Waals surface area contributed by atoms with E-state index in [0.29, 0.717) is 12.1 Å². The molecule has 2 N–H and O–H groups in total. The molecule has 2 unspecified atom stereocenters. The van der Waals surface area contributed by atoms with Crippen molar-refractivity contribution in [2.45, 2.75) is 38.8 Å². The molecule has 0 aliphatic heterocycles. The van der Waals surface area contributed by atoms with Crippen molar-refractivity contribution in [3.63, 3.8) is 0 Å². The molecular weight excluding hydrogens is 388 g/mol. The number of benzene rings is 4. The van der Waals surface area contributed by atoms with Gasteiger partial charge >= 0.3 is 0 Å². The number of hydrogen-bond donors (Lipinski definition) is 2. The fraction of sp³-hybridized carbons (Fsp3) is 0.200. The molecule has 4 rings (SSSR count). The molecule has 0 bridgehead atoms. The molecule has 0 aliphatic rings. The van der Waals surface area contributed by atoms with Gasteiger partial charge in [0.25, 0.3) is 0 Å². The first-order chi connectivity index (χ1) is 15.7. The van der Waals surface area contributed by atoms with Crippen LogP contribution < -0.4 is 10.6 Å². The van der Waals surface area contributed by atoms with Gasteiger partial charge in [-0.3, -0.25) is 0 Å². The van der Waals surface area contributed by atoms with Gasteiger partial charge in [0.1, 0.15) is 0 Å². The molecule has 0 saturated heterocycles. The van der Waals surface area contributed by atoms with Crippen LogP contribution in [0.25, 0.3) is 22.3 Å². The Balaban J connectivity index is 1.23. The van der Waals surface area contributed by atoms with Crippen molar-refractivity contribution in [2.24, 2.45) is 0 Å². The smallest absolute Gasteiger partial charge is 0.0342 e. The van der Waals surface area contributed by atoms with Gasteiger partial charge in [0.15, 0.2) is 0 Å². The van der Waals surface area contributed by atoms with Crippen LogP contribution in [0.4, 0.5) is 11.4 Å². The Labute approximate surface area is 192 Å². The van der Waals surface area contributed by atoms with Crippen LogP contribution in [-0.2, 0) is 0 Å². The Morgan fingerprint density at radius 1 is 0.438 bits per heavy atom.